The molecule has 1 aromatic carbocycles. The maximum atomic E-state index is 12.7. The summed E-state index contributed by atoms with van der Waals surface area (Å²) in [5.41, 5.74) is 1.12. The molecule has 0 unspecified atom stereocenters. The van der Waals surface area contributed by atoms with Gasteiger partial charge in [0.25, 0.3) is 0 Å². The molecule has 0 radical (unpaired) electrons. The van der Waals surface area contributed by atoms with E-state index in [2.05, 4.69) is 10.3 Å². The lowest BCUT2D eigenvalue weighted by atomic mass is 10.1. The Morgan fingerprint density at radius 3 is 2.71 bits per heavy atom. The fraction of sp³-hybridized carbons (Fsp3) is 0.267. The van der Waals surface area contributed by atoms with Crippen molar-refractivity contribution in [1.29, 1.82) is 0 Å². The van der Waals surface area contributed by atoms with Gasteiger partial charge >= 0.3 is 6.18 Å². The van der Waals surface area contributed by atoms with Crippen LogP contribution in [0, 0.1) is 0 Å². The minimum atomic E-state index is -4.41. The van der Waals surface area contributed by atoms with E-state index in [4.69, 9.17) is 0 Å². The maximum absolute atomic E-state index is 12.7. The van der Waals surface area contributed by atoms with Crippen molar-refractivity contribution in [2.45, 2.75) is 24.7 Å². The van der Waals surface area contributed by atoms with Gasteiger partial charge in [-0.2, -0.15) is 13.2 Å². The van der Waals surface area contributed by atoms with Gasteiger partial charge in [-0.25, -0.2) is 4.98 Å². The number of halogens is 3. The van der Waals surface area contributed by atoms with Crippen molar-refractivity contribution in [3.05, 3.63) is 59.3 Å². The lowest BCUT2D eigenvalue weighted by Gasteiger charge is -2.19. The molecule has 21 heavy (non-hydrogen) atoms. The van der Waals surface area contributed by atoms with Gasteiger partial charge in [0.2, 0.25) is 0 Å². The minimum absolute atomic E-state index is 0.102. The molecule has 1 aliphatic carbocycles. The van der Waals surface area contributed by atoms with Crippen molar-refractivity contribution >= 4 is 5.82 Å². The van der Waals surface area contributed by atoms with E-state index in [9.17, 15) is 18.3 Å². The summed E-state index contributed by atoms with van der Waals surface area (Å²) >= 11 is 0. The molecule has 2 aromatic rings. The molecule has 2 N–H and O–H groups in total. The van der Waals surface area contributed by atoms with Crippen LogP contribution in [-0.4, -0.2) is 16.2 Å². The van der Waals surface area contributed by atoms with Gasteiger partial charge in [0, 0.05) is 12.6 Å². The van der Waals surface area contributed by atoms with Crippen molar-refractivity contribution in [3.63, 3.8) is 0 Å². The molecule has 1 aromatic heterocycles. The van der Waals surface area contributed by atoms with Crippen LogP contribution in [0.2, 0.25) is 0 Å². The third-order valence-electron chi connectivity index (χ3n) is 3.59. The van der Waals surface area contributed by atoms with Gasteiger partial charge in [0.05, 0.1) is 17.7 Å². The molecule has 3 nitrogen and oxygen atoms in total. The van der Waals surface area contributed by atoms with Crippen molar-refractivity contribution in [1.82, 2.24) is 4.98 Å². The van der Waals surface area contributed by atoms with Crippen LogP contribution < -0.4 is 5.32 Å². The first-order valence-corrected chi connectivity index (χ1v) is 6.51. The van der Waals surface area contributed by atoms with Gasteiger partial charge in [-0.15, -0.1) is 0 Å². The first-order valence-electron chi connectivity index (χ1n) is 6.51. The number of aromatic nitrogens is 1. The van der Waals surface area contributed by atoms with Crippen LogP contribution in [-0.2, 0) is 12.6 Å². The van der Waals surface area contributed by atoms with E-state index in [0.29, 0.717) is 6.42 Å². The molecule has 2 atom stereocenters. The van der Waals surface area contributed by atoms with Gasteiger partial charge in [-0.1, -0.05) is 24.3 Å². The van der Waals surface area contributed by atoms with Crippen molar-refractivity contribution in [2.75, 3.05) is 5.32 Å². The molecule has 3 rings (SSSR count). The number of anilines is 1. The number of hydrogen-bond donors (Lipinski definition) is 2. The summed E-state index contributed by atoms with van der Waals surface area (Å²) in [4.78, 5) is 3.90. The highest BCUT2D eigenvalue weighted by Crippen LogP contribution is 2.35. The van der Waals surface area contributed by atoms with Gasteiger partial charge in [-0.3, -0.25) is 0 Å². The normalized spacial score (nSPS) is 21.1. The van der Waals surface area contributed by atoms with E-state index in [1.807, 2.05) is 24.3 Å². The van der Waals surface area contributed by atoms with E-state index in [1.165, 1.54) is 0 Å². The molecule has 0 aliphatic heterocycles. The third-order valence-corrected chi connectivity index (χ3v) is 3.59. The van der Waals surface area contributed by atoms with Gasteiger partial charge < -0.3 is 10.4 Å². The molecule has 0 saturated heterocycles. The molecule has 110 valence electrons. The molecule has 0 amide bonds. The van der Waals surface area contributed by atoms with Crippen LogP contribution in [0.1, 0.15) is 22.7 Å². The zero-order chi connectivity index (χ0) is 15.0. The maximum Gasteiger partial charge on any atom is 0.416 e. The zero-order valence-corrected chi connectivity index (χ0v) is 10.9. The molecule has 0 fully saturated rings. The van der Waals surface area contributed by atoms with Crippen LogP contribution in [0.15, 0.2) is 42.6 Å². The Labute approximate surface area is 119 Å². The molecule has 0 bridgehead atoms. The average molecular weight is 294 g/mol. The highest BCUT2D eigenvalue weighted by Gasteiger charge is 2.33. The summed E-state index contributed by atoms with van der Waals surface area (Å²) in [6.07, 6.45) is -3.50. The minimum Gasteiger partial charge on any atom is -0.390 e. The summed E-state index contributed by atoms with van der Waals surface area (Å²) in [6, 6.07) is 8.90. The summed E-state index contributed by atoms with van der Waals surface area (Å²) < 4.78 is 38.1. The number of alkyl halides is 3. The average Bonchev–Trinajstić information content (AvgIpc) is 2.75. The molecule has 0 spiro atoms. The summed E-state index contributed by atoms with van der Waals surface area (Å²) in [7, 11) is 0. The predicted molar refractivity (Wildman–Crippen MR) is 71.8 cm³/mol. The molecule has 1 aliphatic rings. The third kappa shape index (κ3) is 2.71. The number of pyridine rings is 1. The van der Waals surface area contributed by atoms with Crippen LogP contribution in [0.5, 0.6) is 0 Å². The monoisotopic (exact) mass is 294 g/mol. The van der Waals surface area contributed by atoms with Crippen molar-refractivity contribution in [2.24, 2.45) is 0 Å². The quantitative estimate of drug-likeness (QED) is 0.894. The second-order valence-electron chi connectivity index (χ2n) is 5.02. The Hall–Kier alpha value is -2.08. The van der Waals surface area contributed by atoms with Crippen LogP contribution >= 0.6 is 0 Å². The Balaban J connectivity index is 1.88. The topological polar surface area (TPSA) is 45.1 Å². The van der Waals surface area contributed by atoms with Gasteiger partial charge in [0.1, 0.15) is 5.82 Å². The van der Waals surface area contributed by atoms with Gasteiger partial charge in [-0.05, 0) is 23.3 Å². The van der Waals surface area contributed by atoms with E-state index in [-0.39, 0.29) is 5.82 Å². The number of benzene rings is 1. The molecule has 0 saturated carbocycles. The second-order valence-corrected chi connectivity index (χ2v) is 5.02. The Bertz CT molecular complexity index is 657. The molecular formula is C15H13F3N2O. The summed E-state index contributed by atoms with van der Waals surface area (Å²) in [5.74, 6) is 0.102. The first kappa shape index (κ1) is 13.9. The summed E-state index contributed by atoms with van der Waals surface area (Å²) in [6.45, 7) is 0. The molecule has 1 heterocycles. The Kier molecular flexibility index (Phi) is 3.33. The van der Waals surface area contributed by atoms with E-state index in [0.717, 1.165) is 29.5 Å². The van der Waals surface area contributed by atoms with E-state index < -0.39 is 23.9 Å². The van der Waals surface area contributed by atoms with Crippen LogP contribution in [0.4, 0.5) is 19.0 Å². The highest BCUT2D eigenvalue weighted by molar-refractivity contribution is 5.46. The van der Waals surface area contributed by atoms with E-state index >= 15 is 0 Å². The summed E-state index contributed by atoms with van der Waals surface area (Å²) in [5, 5.41) is 13.0. The van der Waals surface area contributed by atoms with Crippen molar-refractivity contribution in [3.8, 4) is 0 Å². The SMILES string of the molecule is O[C@@H]1Cc2ccccc2[C@@H]1Nc1cc(C(F)(F)F)ccn1. The number of fused-ring (bicyclic) bond motifs is 1. The Morgan fingerprint density at radius 1 is 1.19 bits per heavy atom. The molecule has 6 heteroatoms. The number of nitrogens with zero attached hydrogens (tertiary/aromatic N) is 1. The Morgan fingerprint density at radius 2 is 1.95 bits per heavy atom. The lowest BCUT2D eigenvalue weighted by Crippen LogP contribution is -2.22. The standard InChI is InChI=1S/C15H13F3N2O/c16-15(17,18)10-5-6-19-13(8-10)20-14-11-4-2-1-3-9(11)7-12(14)21/h1-6,8,12,14,21H,7H2,(H,19,20)/t12-,14+/m1/s1. The molecular weight excluding hydrogens is 281 g/mol. The van der Waals surface area contributed by atoms with Crippen LogP contribution in [0.25, 0.3) is 0 Å². The van der Waals surface area contributed by atoms with Crippen molar-refractivity contribution < 1.29 is 18.3 Å². The fourth-order valence-corrected chi connectivity index (χ4v) is 2.59. The number of hydrogen-bond acceptors (Lipinski definition) is 3. The number of aliphatic hydroxyl groups is 1. The first-order chi connectivity index (χ1) is 9.95. The number of nitrogens with one attached hydrogen (secondary N) is 1. The number of rotatable bonds is 2. The van der Waals surface area contributed by atoms with Crippen LogP contribution in [0.3, 0.4) is 0 Å². The second kappa shape index (κ2) is 5.04. The lowest BCUT2D eigenvalue weighted by molar-refractivity contribution is -0.137. The zero-order valence-electron chi connectivity index (χ0n) is 10.9. The fourth-order valence-electron chi connectivity index (χ4n) is 2.59. The number of aliphatic hydroxyl groups excluding tert-OH is 1. The smallest absolute Gasteiger partial charge is 0.390 e. The van der Waals surface area contributed by atoms with Gasteiger partial charge in [0.15, 0.2) is 0 Å². The predicted octanol–water partition coefficient (Wildman–Crippen LogP) is 3.17. The highest BCUT2D eigenvalue weighted by atomic mass is 19.4. The van der Waals surface area contributed by atoms with E-state index in [1.54, 1.807) is 0 Å². The largest absolute Gasteiger partial charge is 0.416 e.